The van der Waals surface area contributed by atoms with Crippen molar-refractivity contribution < 1.29 is 27.5 Å². The minimum atomic E-state index is -5.08. The van der Waals surface area contributed by atoms with Crippen molar-refractivity contribution in [3.8, 4) is 0 Å². The van der Waals surface area contributed by atoms with Crippen molar-refractivity contribution in [3.63, 3.8) is 0 Å². The van der Waals surface area contributed by atoms with Crippen molar-refractivity contribution in [1.29, 1.82) is 0 Å². The van der Waals surface area contributed by atoms with Crippen molar-refractivity contribution in [3.05, 3.63) is 35.4 Å². The highest BCUT2D eigenvalue weighted by Gasteiger charge is 2.38. The Bertz CT molecular complexity index is 468. The fourth-order valence-corrected chi connectivity index (χ4v) is 1.10. The van der Waals surface area contributed by atoms with Gasteiger partial charge in [0.25, 0.3) is 0 Å². The fraction of sp³-hybridized carbons (Fsp3) is 0.333. The fourth-order valence-electron chi connectivity index (χ4n) is 1.10. The summed E-state index contributed by atoms with van der Waals surface area (Å²) < 4.78 is 43.7. The van der Waals surface area contributed by atoms with Gasteiger partial charge in [0, 0.05) is 6.42 Å². The summed E-state index contributed by atoms with van der Waals surface area (Å²) in [5.74, 6) is -2.68. The average Bonchev–Trinajstić information content (AvgIpc) is 2.38. The van der Waals surface area contributed by atoms with Crippen LogP contribution in [-0.2, 0) is 17.8 Å². The Labute approximate surface area is 118 Å². The van der Waals surface area contributed by atoms with Crippen LogP contribution in [0.2, 0.25) is 0 Å². The highest BCUT2D eigenvalue weighted by Crippen LogP contribution is 2.13. The van der Waals surface area contributed by atoms with E-state index in [4.69, 9.17) is 21.4 Å². The summed E-state index contributed by atoms with van der Waals surface area (Å²) >= 11 is 0. The maximum Gasteiger partial charge on any atom is 0.490 e. The van der Waals surface area contributed by atoms with Crippen LogP contribution >= 0.6 is 0 Å². The molecule has 0 fully saturated rings. The van der Waals surface area contributed by atoms with E-state index < -0.39 is 12.1 Å². The summed E-state index contributed by atoms with van der Waals surface area (Å²) in [7, 11) is 0. The number of aryl methyl sites for hydroxylation is 1. The molecule has 0 heterocycles. The van der Waals surface area contributed by atoms with Crippen molar-refractivity contribution in [2.75, 3.05) is 6.67 Å². The third kappa shape index (κ3) is 9.25. The molecule has 0 aliphatic rings. The molecule has 0 aliphatic heterocycles. The van der Waals surface area contributed by atoms with E-state index in [-0.39, 0.29) is 12.6 Å². The van der Waals surface area contributed by atoms with Gasteiger partial charge in [0.2, 0.25) is 0 Å². The van der Waals surface area contributed by atoms with Crippen LogP contribution in [0.15, 0.2) is 29.3 Å². The van der Waals surface area contributed by atoms with Crippen LogP contribution in [0.3, 0.4) is 0 Å². The molecule has 1 aromatic rings. The Kier molecular flexibility index (Phi) is 7.80. The lowest BCUT2D eigenvalue weighted by Gasteiger charge is -2.00. The SMILES string of the molecule is NC(N)=NCc1ccc(CCF)cc1.O=C(O)C(F)(F)F. The molecular formula is C12H15F4N3O2. The molecule has 0 spiro atoms. The Balaban J connectivity index is 0.000000486. The first-order valence-electron chi connectivity index (χ1n) is 5.66. The Morgan fingerprint density at radius 3 is 1.90 bits per heavy atom. The standard InChI is InChI=1S/C10H14FN3.C2HF3O2/c11-6-5-8-1-3-9(4-2-8)7-14-10(12)13;3-2(4,5)1(6)7/h1-4H,5-7H2,(H4,12,13,14);(H,6,7). The first-order valence-corrected chi connectivity index (χ1v) is 5.66. The summed E-state index contributed by atoms with van der Waals surface area (Å²) in [6.45, 7) is 0.144. The number of nitrogens with zero attached hydrogens (tertiary/aromatic N) is 1. The Hall–Kier alpha value is -2.32. The molecular weight excluding hydrogens is 294 g/mol. The number of aliphatic imine (C=N–C) groups is 1. The molecule has 0 radical (unpaired) electrons. The number of guanidine groups is 1. The molecule has 0 atom stereocenters. The van der Waals surface area contributed by atoms with Crippen molar-refractivity contribution >= 4 is 11.9 Å². The van der Waals surface area contributed by atoms with Crippen LogP contribution in [0, 0.1) is 0 Å². The van der Waals surface area contributed by atoms with Gasteiger partial charge in [-0.3, -0.25) is 4.39 Å². The van der Waals surface area contributed by atoms with Crippen LogP contribution in [0.1, 0.15) is 11.1 Å². The molecule has 0 aliphatic carbocycles. The van der Waals surface area contributed by atoms with Crippen LogP contribution in [-0.4, -0.2) is 29.9 Å². The highest BCUT2D eigenvalue weighted by molar-refractivity contribution is 5.75. The smallest absolute Gasteiger partial charge is 0.475 e. The topological polar surface area (TPSA) is 102 Å². The number of hydrogen-bond donors (Lipinski definition) is 3. The van der Waals surface area contributed by atoms with Crippen molar-refractivity contribution in [2.45, 2.75) is 19.1 Å². The maximum atomic E-state index is 12.0. The number of carboxylic acid groups (broad SMARTS) is 1. The third-order valence-electron chi connectivity index (χ3n) is 2.09. The van der Waals surface area contributed by atoms with E-state index in [9.17, 15) is 17.6 Å². The number of carboxylic acids is 1. The predicted octanol–water partition coefficient (Wildman–Crippen LogP) is 1.61. The number of halogens is 4. The maximum absolute atomic E-state index is 12.0. The molecule has 1 aromatic carbocycles. The number of carbonyl (C=O) groups is 1. The number of benzene rings is 1. The summed E-state index contributed by atoms with van der Waals surface area (Å²) in [5.41, 5.74) is 12.4. The number of hydrogen-bond acceptors (Lipinski definition) is 2. The lowest BCUT2D eigenvalue weighted by molar-refractivity contribution is -0.192. The molecule has 0 bridgehead atoms. The molecule has 118 valence electrons. The zero-order chi connectivity index (χ0) is 16.5. The van der Waals surface area contributed by atoms with Crippen LogP contribution in [0.5, 0.6) is 0 Å². The first kappa shape index (κ1) is 18.7. The van der Waals surface area contributed by atoms with E-state index in [1.165, 1.54) is 0 Å². The van der Waals surface area contributed by atoms with Gasteiger partial charge in [-0.2, -0.15) is 13.2 Å². The normalized spacial score (nSPS) is 10.3. The van der Waals surface area contributed by atoms with E-state index in [1.54, 1.807) is 0 Å². The van der Waals surface area contributed by atoms with E-state index >= 15 is 0 Å². The molecule has 0 saturated carbocycles. The Morgan fingerprint density at radius 1 is 1.14 bits per heavy atom. The molecule has 0 amide bonds. The second-order valence-corrected chi connectivity index (χ2v) is 3.80. The van der Waals surface area contributed by atoms with Gasteiger partial charge in [-0.1, -0.05) is 24.3 Å². The molecule has 5 nitrogen and oxygen atoms in total. The van der Waals surface area contributed by atoms with Gasteiger partial charge in [0.05, 0.1) is 13.2 Å². The van der Waals surface area contributed by atoms with Gasteiger partial charge in [-0.15, -0.1) is 0 Å². The van der Waals surface area contributed by atoms with Crippen LogP contribution in [0.4, 0.5) is 17.6 Å². The second-order valence-electron chi connectivity index (χ2n) is 3.80. The number of aliphatic carboxylic acids is 1. The van der Waals surface area contributed by atoms with E-state index in [2.05, 4.69) is 4.99 Å². The molecule has 0 unspecified atom stereocenters. The monoisotopic (exact) mass is 309 g/mol. The van der Waals surface area contributed by atoms with Gasteiger partial charge in [-0.05, 0) is 11.1 Å². The minimum absolute atomic E-state index is 0.0813. The highest BCUT2D eigenvalue weighted by atomic mass is 19.4. The van der Waals surface area contributed by atoms with Crippen LogP contribution < -0.4 is 11.5 Å². The summed E-state index contributed by atoms with van der Waals surface area (Å²) in [6.07, 6.45) is -4.62. The number of alkyl halides is 4. The molecule has 0 aromatic heterocycles. The summed E-state index contributed by atoms with van der Waals surface area (Å²) in [5, 5.41) is 7.12. The van der Waals surface area contributed by atoms with Gasteiger partial charge >= 0.3 is 12.1 Å². The van der Waals surface area contributed by atoms with Gasteiger partial charge in [0.15, 0.2) is 5.96 Å². The molecule has 0 saturated heterocycles. The summed E-state index contributed by atoms with van der Waals surface area (Å²) in [6, 6.07) is 7.57. The predicted molar refractivity (Wildman–Crippen MR) is 69.3 cm³/mol. The largest absolute Gasteiger partial charge is 0.490 e. The van der Waals surface area contributed by atoms with Gasteiger partial charge in [0.1, 0.15) is 0 Å². The van der Waals surface area contributed by atoms with Gasteiger partial charge in [-0.25, -0.2) is 9.79 Å². The third-order valence-corrected chi connectivity index (χ3v) is 2.09. The zero-order valence-electron chi connectivity index (χ0n) is 10.9. The molecule has 21 heavy (non-hydrogen) atoms. The van der Waals surface area contributed by atoms with E-state index in [1.807, 2.05) is 24.3 Å². The van der Waals surface area contributed by atoms with Crippen molar-refractivity contribution in [1.82, 2.24) is 0 Å². The number of nitrogens with two attached hydrogens (primary N) is 2. The van der Waals surface area contributed by atoms with E-state index in [0.29, 0.717) is 13.0 Å². The first-order chi connectivity index (χ1) is 9.66. The number of rotatable bonds is 4. The lowest BCUT2D eigenvalue weighted by atomic mass is 10.1. The second kappa shape index (κ2) is 8.77. The molecule has 9 heteroatoms. The molecule has 1 rings (SSSR count). The lowest BCUT2D eigenvalue weighted by Crippen LogP contribution is -2.22. The average molecular weight is 309 g/mol. The molecule has 5 N–H and O–H groups in total. The quantitative estimate of drug-likeness (QED) is 0.446. The Morgan fingerprint density at radius 2 is 1.57 bits per heavy atom. The van der Waals surface area contributed by atoms with Crippen LogP contribution in [0.25, 0.3) is 0 Å². The summed E-state index contributed by atoms with van der Waals surface area (Å²) in [4.78, 5) is 12.8. The zero-order valence-corrected chi connectivity index (χ0v) is 10.9. The van der Waals surface area contributed by atoms with E-state index in [0.717, 1.165) is 11.1 Å². The minimum Gasteiger partial charge on any atom is -0.475 e. The van der Waals surface area contributed by atoms with Crippen molar-refractivity contribution in [2.24, 2.45) is 16.5 Å². The van der Waals surface area contributed by atoms with Gasteiger partial charge < -0.3 is 16.6 Å².